The van der Waals surface area contributed by atoms with Crippen LogP contribution in [0.3, 0.4) is 0 Å². The number of rotatable bonds is 1. The molecule has 0 radical (unpaired) electrons. The summed E-state index contributed by atoms with van der Waals surface area (Å²) >= 11 is 1.97. The predicted octanol–water partition coefficient (Wildman–Crippen LogP) is 2.43. The van der Waals surface area contributed by atoms with Crippen LogP contribution < -0.4 is 0 Å². The summed E-state index contributed by atoms with van der Waals surface area (Å²) in [5, 5.41) is 0.793. The van der Waals surface area contributed by atoms with Crippen LogP contribution in [0, 0.1) is 0 Å². The Kier molecular flexibility index (Phi) is 3.11. The lowest BCUT2D eigenvalue weighted by molar-refractivity contribution is 0.312. The molecule has 1 atom stereocenters. The van der Waals surface area contributed by atoms with Gasteiger partial charge >= 0.3 is 6.19 Å². The molecule has 0 N–H and O–H groups in total. The maximum absolute atomic E-state index is 5.57. The molecule has 58 valence electrons. The zero-order chi connectivity index (χ0) is 7.56. The van der Waals surface area contributed by atoms with Gasteiger partial charge in [-0.15, -0.1) is 0 Å². The van der Waals surface area contributed by atoms with Crippen molar-refractivity contribution in [3.05, 3.63) is 0 Å². The van der Waals surface area contributed by atoms with Crippen molar-refractivity contribution in [1.82, 2.24) is 0 Å². The van der Waals surface area contributed by atoms with Crippen LogP contribution in [0.5, 0.6) is 0 Å². The Morgan fingerprint density at radius 2 is 2.30 bits per heavy atom. The molecule has 1 rings (SSSR count). The van der Waals surface area contributed by atoms with Crippen molar-refractivity contribution < 1.29 is 4.65 Å². The fourth-order valence-electron chi connectivity index (χ4n) is 1.04. The molecule has 1 saturated heterocycles. The second-order valence-electron chi connectivity index (χ2n) is 3.22. The largest absolute Gasteiger partial charge is 0.425 e. The van der Waals surface area contributed by atoms with E-state index >= 15 is 0 Å². The van der Waals surface area contributed by atoms with Gasteiger partial charge in [0.2, 0.25) is 0 Å². The van der Waals surface area contributed by atoms with Crippen molar-refractivity contribution >= 4 is 17.8 Å². The van der Waals surface area contributed by atoms with E-state index in [9.17, 15) is 0 Å². The first kappa shape index (κ1) is 8.47. The lowest BCUT2D eigenvalue weighted by atomic mass is 9.81. The maximum atomic E-state index is 5.57. The Morgan fingerprint density at radius 3 is 2.70 bits per heavy atom. The van der Waals surface area contributed by atoms with Gasteiger partial charge in [-0.25, -0.2) is 0 Å². The monoisotopic (exact) mass is 158 g/mol. The van der Waals surface area contributed by atoms with Gasteiger partial charge in [0, 0.05) is 6.61 Å². The Bertz CT molecular complexity index is 108. The Labute approximate surface area is 67.9 Å². The minimum Gasteiger partial charge on any atom is -0.425 e. The van der Waals surface area contributed by atoms with Crippen molar-refractivity contribution in [3.8, 4) is 0 Å². The van der Waals surface area contributed by atoms with E-state index in [4.69, 9.17) is 4.65 Å². The molecular formula is C7H15BOS. The van der Waals surface area contributed by atoms with E-state index in [0.29, 0.717) is 12.0 Å². The van der Waals surface area contributed by atoms with Gasteiger partial charge in [0.25, 0.3) is 0 Å². The third kappa shape index (κ3) is 2.20. The smallest absolute Gasteiger partial charge is 0.364 e. The van der Waals surface area contributed by atoms with Gasteiger partial charge < -0.3 is 4.65 Å². The molecule has 0 spiro atoms. The minimum atomic E-state index is 0.448. The SMILES string of the molecule is CC1CCOB(C(C)C)S1. The number of hydrogen-bond donors (Lipinski definition) is 0. The van der Waals surface area contributed by atoms with Crippen molar-refractivity contribution in [1.29, 1.82) is 0 Å². The molecule has 0 amide bonds. The van der Waals surface area contributed by atoms with Gasteiger partial charge in [-0.2, -0.15) is 11.6 Å². The molecule has 10 heavy (non-hydrogen) atoms. The first-order valence-corrected chi connectivity index (χ1v) is 4.91. The van der Waals surface area contributed by atoms with E-state index in [1.54, 1.807) is 0 Å². The lowest BCUT2D eigenvalue weighted by Gasteiger charge is -2.26. The minimum absolute atomic E-state index is 0.448. The zero-order valence-electron chi connectivity index (χ0n) is 6.96. The normalized spacial score (nSPS) is 27.6. The maximum Gasteiger partial charge on any atom is 0.364 e. The molecule has 3 heteroatoms. The molecule has 1 heterocycles. The van der Waals surface area contributed by atoms with Gasteiger partial charge in [0.15, 0.2) is 0 Å². The summed E-state index contributed by atoms with van der Waals surface area (Å²) in [5.74, 6) is 0.660. The Hall–Kier alpha value is 0.375. The summed E-state index contributed by atoms with van der Waals surface area (Å²) in [6.07, 6.45) is 1.66. The van der Waals surface area contributed by atoms with E-state index in [0.717, 1.165) is 11.9 Å². The molecule has 1 nitrogen and oxygen atoms in total. The second-order valence-corrected chi connectivity index (χ2v) is 4.76. The molecule has 0 aliphatic carbocycles. The van der Waals surface area contributed by atoms with Crippen LogP contribution in [0.25, 0.3) is 0 Å². The molecule has 0 aromatic carbocycles. The first-order valence-electron chi connectivity index (χ1n) is 3.97. The average Bonchev–Trinajstić information content (AvgIpc) is 1.88. The summed E-state index contributed by atoms with van der Waals surface area (Å²) < 4.78 is 5.57. The van der Waals surface area contributed by atoms with E-state index in [1.165, 1.54) is 6.42 Å². The average molecular weight is 158 g/mol. The fourth-order valence-corrected chi connectivity index (χ4v) is 2.22. The lowest BCUT2D eigenvalue weighted by Crippen LogP contribution is -2.27. The van der Waals surface area contributed by atoms with Crippen LogP contribution in [-0.4, -0.2) is 18.1 Å². The standard InChI is InChI=1S/C7H15BOS/c1-6(2)8-9-5-4-7(3)10-8/h6-7H,4-5H2,1-3H3. The molecule has 1 aliphatic rings. The van der Waals surface area contributed by atoms with E-state index < -0.39 is 0 Å². The highest BCUT2D eigenvalue weighted by Gasteiger charge is 2.27. The topological polar surface area (TPSA) is 9.23 Å². The predicted molar refractivity (Wildman–Crippen MR) is 48.5 cm³/mol. The van der Waals surface area contributed by atoms with E-state index in [1.807, 2.05) is 11.6 Å². The Balaban J connectivity index is 2.32. The molecule has 1 fully saturated rings. The molecule has 0 bridgehead atoms. The van der Waals surface area contributed by atoms with Gasteiger partial charge in [-0.05, 0) is 17.5 Å². The van der Waals surface area contributed by atoms with Crippen molar-refractivity contribution in [3.63, 3.8) is 0 Å². The van der Waals surface area contributed by atoms with Gasteiger partial charge in [0.05, 0.1) is 0 Å². The van der Waals surface area contributed by atoms with E-state index in [2.05, 4.69) is 20.8 Å². The second kappa shape index (κ2) is 3.68. The van der Waals surface area contributed by atoms with Crippen LogP contribution in [0.15, 0.2) is 0 Å². The van der Waals surface area contributed by atoms with Crippen LogP contribution >= 0.6 is 11.6 Å². The summed E-state index contributed by atoms with van der Waals surface area (Å²) in [7, 11) is 0. The van der Waals surface area contributed by atoms with Gasteiger partial charge in [0.1, 0.15) is 0 Å². The third-order valence-corrected chi connectivity index (χ3v) is 3.37. The summed E-state index contributed by atoms with van der Waals surface area (Å²) in [6, 6.07) is 0. The summed E-state index contributed by atoms with van der Waals surface area (Å²) in [5.41, 5.74) is 0. The van der Waals surface area contributed by atoms with Crippen molar-refractivity contribution in [2.24, 2.45) is 0 Å². The van der Waals surface area contributed by atoms with E-state index in [-0.39, 0.29) is 0 Å². The van der Waals surface area contributed by atoms with Crippen LogP contribution in [-0.2, 0) is 4.65 Å². The number of hydrogen-bond acceptors (Lipinski definition) is 2. The van der Waals surface area contributed by atoms with Gasteiger partial charge in [-0.1, -0.05) is 20.8 Å². The quantitative estimate of drug-likeness (QED) is 0.542. The highest BCUT2D eigenvalue weighted by molar-refractivity contribution is 8.25. The van der Waals surface area contributed by atoms with Crippen LogP contribution in [0.1, 0.15) is 27.2 Å². The fraction of sp³-hybridized carbons (Fsp3) is 1.00. The summed E-state index contributed by atoms with van der Waals surface area (Å²) in [4.78, 5) is 0. The third-order valence-electron chi connectivity index (χ3n) is 1.72. The molecule has 0 saturated carbocycles. The summed E-state index contributed by atoms with van der Waals surface area (Å²) in [6.45, 7) is 7.67. The highest BCUT2D eigenvalue weighted by Crippen LogP contribution is 2.30. The van der Waals surface area contributed by atoms with Crippen LogP contribution in [0.4, 0.5) is 0 Å². The van der Waals surface area contributed by atoms with Gasteiger partial charge in [-0.3, -0.25) is 0 Å². The molecular weight excluding hydrogens is 143 g/mol. The molecule has 1 aliphatic heterocycles. The van der Waals surface area contributed by atoms with Crippen molar-refractivity contribution in [2.45, 2.75) is 38.3 Å². The Morgan fingerprint density at radius 1 is 1.60 bits per heavy atom. The molecule has 0 aromatic heterocycles. The van der Waals surface area contributed by atoms with Crippen molar-refractivity contribution in [2.75, 3.05) is 6.61 Å². The first-order chi connectivity index (χ1) is 4.70. The zero-order valence-corrected chi connectivity index (χ0v) is 7.78. The highest BCUT2D eigenvalue weighted by atomic mass is 32.2. The van der Waals surface area contributed by atoms with Crippen LogP contribution in [0.2, 0.25) is 5.82 Å². The molecule has 1 unspecified atom stereocenters. The molecule has 0 aromatic rings.